The maximum absolute atomic E-state index is 4.96. The van der Waals surface area contributed by atoms with Gasteiger partial charge in [-0.3, -0.25) is 0 Å². The van der Waals surface area contributed by atoms with Crippen LogP contribution in [0.2, 0.25) is 0 Å². The fourth-order valence-corrected chi connectivity index (χ4v) is 3.45. The summed E-state index contributed by atoms with van der Waals surface area (Å²) in [5, 5.41) is 4.63. The van der Waals surface area contributed by atoms with Gasteiger partial charge in [0.15, 0.2) is 5.13 Å². The largest absolute Gasteiger partial charge is 0.348 e. The molecule has 1 aliphatic carbocycles. The molecule has 1 atom stereocenters. The molecule has 1 aromatic rings. The van der Waals surface area contributed by atoms with Crippen molar-refractivity contribution in [1.82, 2.24) is 10.3 Å². The Balaban J connectivity index is 2.19. The van der Waals surface area contributed by atoms with E-state index in [1.54, 1.807) is 0 Å². The molecule has 1 unspecified atom stereocenters. The molecule has 2 rings (SSSR count). The number of nitrogens with zero attached hydrogens (tertiary/aromatic N) is 2. The number of hydrogen-bond donors (Lipinski definition) is 1. The highest BCUT2D eigenvalue weighted by molar-refractivity contribution is 7.15. The smallest absolute Gasteiger partial charge is 0.185 e. The predicted octanol–water partition coefficient (Wildman–Crippen LogP) is 4.00. The molecular formula is C16H29N3S. The third-order valence-electron chi connectivity index (χ3n) is 4.35. The maximum atomic E-state index is 4.96. The zero-order chi connectivity index (χ0) is 14.9. The first-order valence-corrected chi connectivity index (χ1v) is 8.59. The third-order valence-corrected chi connectivity index (χ3v) is 5.51. The van der Waals surface area contributed by atoms with Crippen molar-refractivity contribution in [3.8, 4) is 0 Å². The second kappa shape index (κ2) is 6.02. The van der Waals surface area contributed by atoms with Crippen molar-refractivity contribution in [3.05, 3.63) is 10.6 Å². The summed E-state index contributed by atoms with van der Waals surface area (Å²) in [7, 11) is 2.18. The van der Waals surface area contributed by atoms with Crippen LogP contribution in [0.15, 0.2) is 0 Å². The van der Waals surface area contributed by atoms with Gasteiger partial charge in [0.2, 0.25) is 0 Å². The lowest BCUT2D eigenvalue weighted by Crippen LogP contribution is -2.39. The molecule has 1 N–H and O–H groups in total. The quantitative estimate of drug-likeness (QED) is 0.860. The predicted molar refractivity (Wildman–Crippen MR) is 88.8 cm³/mol. The lowest BCUT2D eigenvalue weighted by Gasteiger charge is -2.35. The first-order chi connectivity index (χ1) is 9.34. The molecule has 1 aromatic heterocycles. The number of thiazole rings is 1. The maximum Gasteiger partial charge on any atom is 0.185 e. The van der Waals surface area contributed by atoms with Gasteiger partial charge in [0.05, 0.1) is 5.69 Å². The van der Waals surface area contributed by atoms with Crippen LogP contribution in [0.3, 0.4) is 0 Å². The fourth-order valence-electron chi connectivity index (χ4n) is 2.29. The number of aromatic nitrogens is 1. The van der Waals surface area contributed by atoms with Gasteiger partial charge in [-0.25, -0.2) is 4.98 Å². The van der Waals surface area contributed by atoms with E-state index in [9.17, 15) is 0 Å². The van der Waals surface area contributed by atoms with E-state index in [-0.39, 0.29) is 5.41 Å². The van der Waals surface area contributed by atoms with Crippen molar-refractivity contribution in [2.45, 2.75) is 66.0 Å². The van der Waals surface area contributed by atoms with E-state index in [0.717, 1.165) is 19.0 Å². The minimum atomic E-state index is 0.266. The molecule has 0 amide bonds. The zero-order valence-electron chi connectivity index (χ0n) is 13.8. The Labute approximate surface area is 127 Å². The molecule has 0 bridgehead atoms. The second-order valence-corrected chi connectivity index (χ2v) is 8.07. The van der Waals surface area contributed by atoms with Gasteiger partial charge in [0, 0.05) is 30.4 Å². The molecule has 0 saturated heterocycles. The van der Waals surface area contributed by atoms with E-state index < -0.39 is 0 Å². The van der Waals surface area contributed by atoms with Crippen LogP contribution in [0.4, 0.5) is 5.13 Å². The Bertz CT molecular complexity index is 443. The van der Waals surface area contributed by atoms with E-state index in [2.05, 4.69) is 51.9 Å². The van der Waals surface area contributed by atoms with Crippen LogP contribution >= 0.6 is 11.3 Å². The fraction of sp³-hybridized carbons (Fsp3) is 0.812. The van der Waals surface area contributed by atoms with Gasteiger partial charge in [0.1, 0.15) is 0 Å². The van der Waals surface area contributed by atoms with Crippen molar-refractivity contribution in [2.75, 3.05) is 18.5 Å². The van der Waals surface area contributed by atoms with E-state index in [0.29, 0.717) is 6.04 Å². The van der Waals surface area contributed by atoms with E-state index in [1.807, 2.05) is 11.3 Å². The van der Waals surface area contributed by atoms with Crippen molar-refractivity contribution in [3.63, 3.8) is 0 Å². The summed E-state index contributed by atoms with van der Waals surface area (Å²) < 4.78 is 0. The van der Waals surface area contributed by atoms with Gasteiger partial charge in [-0.1, -0.05) is 27.7 Å². The zero-order valence-corrected chi connectivity index (χ0v) is 14.6. The highest BCUT2D eigenvalue weighted by atomic mass is 32.1. The van der Waals surface area contributed by atoms with Crippen LogP contribution in [0.1, 0.15) is 63.9 Å². The Morgan fingerprint density at radius 2 is 2.05 bits per heavy atom. The van der Waals surface area contributed by atoms with Crippen LogP contribution in [0.5, 0.6) is 0 Å². The number of nitrogens with one attached hydrogen (secondary N) is 1. The minimum absolute atomic E-state index is 0.266. The van der Waals surface area contributed by atoms with Crippen molar-refractivity contribution in [1.29, 1.82) is 0 Å². The van der Waals surface area contributed by atoms with Gasteiger partial charge in [0.25, 0.3) is 0 Å². The van der Waals surface area contributed by atoms with Gasteiger partial charge >= 0.3 is 0 Å². The molecule has 4 heteroatoms. The summed E-state index contributed by atoms with van der Waals surface area (Å²) >= 11 is 1.87. The van der Waals surface area contributed by atoms with Crippen LogP contribution in [0.25, 0.3) is 0 Å². The minimum Gasteiger partial charge on any atom is -0.348 e. The van der Waals surface area contributed by atoms with Crippen molar-refractivity contribution < 1.29 is 0 Å². The SMILES string of the molecule is CCNCc1sc(N(C)C(C)C(C)(C)C)nc1C1CC1. The lowest BCUT2D eigenvalue weighted by molar-refractivity contribution is 0.329. The molecule has 3 nitrogen and oxygen atoms in total. The molecule has 1 heterocycles. The van der Waals surface area contributed by atoms with Crippen LogP contribution in [-0.2, 0) is 6.54 Å². The lowest BCUT2D eigenvalue weighted by atomic mass is 9.87. The topological polar surface area (TPSA) is 28.2 Å². The average Bonchev–Trinajstić information content (AvgIpc) is 3.14. The molecule has 0 spiro atoms. The highest BCUT2D eigenvalue weighted by Crippen LogP contribution is 2.44. The molecule has 1 saturated carbocycles. The number of rotatable bonds is 6. The summed E-state index contributed by atoms with van der Waals surface area (Å²) in [6, 6.07) is 0.479. The Morgan fingerprint density at radius 1 is 1.40 bits per heavy atom. The number of anilines is 1. The van der Waals surface area contributed by atoms with E-state index in [4.69, 9.17) is 4.98 Å². The normalized spacial score (nSPS) is 17.3. The monoisotopic (exact) mass is 295 g/mol. The van der Waals surface area contributed by atoms with E-state index in [1.165, 1.54) is 28.5 Å². The number of hydrogen-bond acceptors (Lipinski definition) is 4. The van der Waals surface area contributed by atoms with Crippen molar-refractivity contribution >= 4 is 16.5 Å². The van der Waals surface area contributed by atoms with Crippen LogP contribution in [-0.4, -0.2) is 24.6 Å². The summed E-state index contributed by atoms with van der Waals surface area (Å²) in [6.45, 7) is 13.3. The summed E-state index contributed by atoms with van der Waals surface area (Å²) in [5.74, 6) is 0.729. The molecule has 114 valence electrons. The molecule has 0 aliphatic heterocycles. The molecule has 0 aromatic carbocycles. The van der Waals surface area contributed by atoms with Crippen LogP contribution < -0.4 is 10.2 Å². The summed E-state index contributed by atoms with van der Waals surface area (Å²) in [6.07, 6.45) is 2.64. The van der Waals surface area contributed by atoms with Gasteiger partial charge in [-0.15, -0.1) is 11.3 Å². The molecule has 0 radical (unpaired) electrons. The Kier molecular flexibility index (Phi) is 4.75. The summed E-state index contributed by atoms with van der Waals surface area (Å²) in [4.78, 5) is 8.76. The summed E-state index contributed by atoms with van der Waals surface area (Å²) in [5.41, 5.74) is 1.63. The van der Waals surface area contributed by atoms with Crippen molar-refractivity contribution in [2.24, 2.45) is 5.41 Å². The molecular weight excluding hydrogens is 266 g/mol. The third kappa shape index (κ3) is 3.53. The van der Waals surface area contributed by atoms with Gasteiger partial charge in [-0.2, -0.15) is 0 Å². The Hall–Kier alpha value is -0.610. The molecule has 1 aliphatic rings. The molecule has 20 heavy (non-hydrogen) atoms. The average molecular weight is 295 g/mol. The highest BCUT2D eigenvalue weighted by Gasteiger charge is 2.32. The first kappa shape index (κ1) is 15.8. The van der Waals surface area contributed by atoms with Crippen LogP contribution in [0, 0.1) is 5.41 Å². The Morgan fingerprint density at radius 3 is 2.55 bits per heavy atom. The second-order valence-electron chi connectivity index (χ2n) is 7.01. The van der Waals surface area contributed by atoms with Gasteiger partial charge in [-0.05, 0) is 31.7 Å². The van der Waals surface area contributed by atoms with Gasteiger partial charge < -0.3 is 10.2 Å². The molecule has 1 fully saturated rings. The first-order valence-electron chi connectivity index (χ1n) is 7.77. The van der Waals surface area contributed by atoms with E-state index >= 15 is 0 Å². The standard InChI is InChI=1S/C16H29N3S/c1-7-17-10-13-14(12-8-9-12)18-15(20-13)19(6)11(2)16(3,4)5/h11-12,17H,7-10H2,1-6H3.